The van der Waals surface area contributed by atoms with Gasteiger partial charge in [0.2, 0.25) is 0 Å². The Balaban J connectivity index is -0.000000218. The fraction of sp³-hybridized carbons (Fsp3) is 0.571. The second-order valence-corrected chi connectivity index (χ2v) is 11.9. The van der Waals surface area contributed by atoms with E-state index in [0.717, 1.165) is 5.69 Å². The van der Waals surface area contributed by atoms with Gasteiger partial charge in [0.1, 0.15) is 0 Å². The van der Waals surface area contributed by atoms with E-state index in [1.807, 2.05) is 12.4 Å². The molecular weight excluding hydrogens is 542 g/mol. The zero-order chi connectivity index (χ0) is 22.0. The van der Waals surface area contributed by atoms with Crippen molar-refractivity contribution in [1.82, 2.24) is 9.97 Å². The molecule has 0 aliphatic rings. The van der Waals surface area contributed by atoms with Gasteiger partial charge in [0.05, 0.1) is 0 Å². The summed E-state index contributed by atoms with van der Waals surface area (Å²) < 4.78 is 0. The second-order valence-electron chi connectivity index (χ2n) is 11.9. The molecule has 32 heavy (non-hydrogen) atoms. The molecule has 178 valence electrons. The first-order valence-corrected chi connectivity index (χ1v) is 10.4. The Bertz CT molecular complexity index is 692. The fourth-order valence-corrected chi connectivity index (χ4v) is 2.59. The summed E-state index contributed by atoms with van der Waals surface area (Å²) in [6, 6.07) is 8.66. The van der Waals surface area contributed by atoms with Crippen molar-refractivity contribution in [3.63, 3.8) is 0 Å². The van der Waals surface area contributed by atoms with Gasteiger partial charge in [-0.05, 0) is 40.2 Å². The predicted octanol–water partition coefficient (Wildman–Crippen LogP) is 8.25. The quantitative estimate of drug-likeness (QED) is 0.289. The molecule has 0 unspecified atom stereocenters. The fourth-order valence-electron chi connectivity index (χ4n) is 2.59. The Morgan fingerprint density at radius 3 is 1.25 bits per heavy atom. The molecule has 2 aromatic heterocycles. The van der Waals surface area contributed by atoms with Crippen LogP contribution in [0, 0.1) is 14.9 Å². The molecule has 2 aromatic rings. The molecule has 0 spiro atoms. The van der Waals surface area contributed by atoms with Crippen molar-refractivity contribution < 1.29 is 65.4 Å². The van der Waals surface area contributed by atoms with Gasteiger partial charge in [-0.1, -0.05) is 89.2 Å². The van der Waals surface area contributed by atoms with Crippen molar-refractivity contribution in [1.29, 1.82) is 0 Å². The van der Waals surface area contributed by atoms with Crippen LogP contribution in [0.5, 0.6) is 0 Å². The van der Waals surface area contributed by atoms with E-state index in [2.05, 4.69) is 117 Å². The summed E-state index contributed by atoms with van der Waals surface area (Å²) >= 11 is 0. The smallest absolute Gasteiger partial charge is 0.0459 e. The van der Waals surface area contributed by atoms with Gasteiger partial charge < -0.3 is 14.9 Å². The van der Waals surface area contributed by atoms with Crippen molar-refractivity contribution in [2.24, 2.45) is 0 Å². The van der Waals surface area contributed by atoms with E-state index in [-0.39, 0.29) is 102 Å². The molecule has 0 amide bonds. The van der Waals surface area contributed by atoms with Crippen LogP contribution >= 0.6 is 0 Å². The Labute approximate surface area is 251 Å². The number of hydrogen-bond donors (Lipinski definition) is 0. The molecule has 2 nitrogen and oxygen atoms in total. The molecule has 0 bridgehead atoms. The summed E-state index contributed by atoms with van der Waals surface area (Å²) in [5, 5.41) is 0. The van der Waals surface area contributed by atoms with E-state index in [1.165, 1.54) is 16.8 Å². The van der Waals surface area contributed by atoms with Gasteiger partial charge in [-0.25, -0.2) is 0 Å². The first-order valence-electron chi connectivity index (χ1n) is 10.4. The summed E-state index contributed by atoms with van der Waals surface area (Å²) in [5.41, 5.74) is 5.68. The van der Waals surface area contributed by atoms with E-state index >= 15 is 0 Å². The first kappa shape index (κ1) is 39.7. The number of aromatic nitrogens is 2. The molecule has 0 atom stereocenters. The van der Waals surface area contributed by atoms with Crippen LogP contribution in [-0.2, 0) is 87.1 Å². The van der Waals surface area contributed by atoms with Gasteiger partial charge in [0, 0.05) is 100 Å². The number of rotatable bonds is 0. The summed E-state index contributed by atoms with van der Waals surface area (Å²) in [7, 11) is 0. The monoisotopic (exact) mass is 590 g/mol. The summed E-state index contributed by atoms with van der Waals surface area (Å²) in [5.74, 6) is 0. The largest absolute Gasteiger partial charge is 0.358 e. The molecule has 2 rings (SSSR count). The predicted molar refractivity (Wildman–Crippen MR) is 136 cm³/mol. The minimum atomic E-state index is 0. The molecule has 0 saturated carbocycles. The molecule has 0 saturated heterocycles. The van der Waals surface area contributed by atoms with Crippen LogP contribution < -0.4 is 0 Å². The topological polar surface area (TPSA) is 25.8 Å². The summed E-state index contributed by atoms with van der Waals surface area (Å²) in [6.45, 7) is 26.5. The number of hydrogen-bond acceptors (Lipinski definition) is 2. The number of pyridine rings is 2. The van der Waals surface area contributed by atoms with Gasteiger partial charge in [-0.15, -0.1) is 0 Å². The van der Waals surface area contributed by atoms with Crippen LogP contribution in [-0.4, -0.2) is 9.97 Å². The van der Waals surface area contributed by atoms with E-state index in [9.17, 15) is 0 Å². The van der Waals surface area contributed by atoms with Gasteiger partial charge >= 0.3 is 0 Å². The van der Waals surface area contributed by atoms with Crippen LogP contribution in [0.15, 0.2) is 36.7 Å². The van der Waals surface area contributed by atoms with Crippen molar-refractivity contribution in [3.05, 3.63) is 74.0 Å². The minimum absolute atomic E-state index is 0. The van der Waals surface area contributed by atoms with Crippen molar-refractivity contribution in [3.8, 4) is 0 Å². The minimum Gasteiger partial charge on any atom is -0.358 e. The maximum Gasteiger partial charge on any atom is 0.0459 e. The van der Waals surface area contributed by atoms with Gasteiger partial charge in [0.25, 0.3) is 0 Å². The van der Waals surface area contributed by atoms with Crippen LogP contribution in [0.2, 0.25) is 0 Å². The van der Waals surface area contributed by atoms with Crippen molar-refractivity contribution in [2.45, 2.75) is 105 Å². The molecule has 0 fully saturated rings. The maximum absolute atomic E-state index is 4.52. The van der Waals surface area contributed by atoms with Crippen molar-refractivity contribution in [2.75, 3.05) is 0 Å². The molecule has 0 aliphatic heterocycles. The molecule has 0 aromatic carbocycles. The van der Waals surface area contributed by atoms with E-state index in [1.54, 1.807) is 0 Å². The molecule has 4 heteroatoms. The van der Waals surface area contributed by atoms with Crippen LogP contribution in [0.3, 0.4) is 0 Å². The average Bonchev–Trinajstić information content (AvgIpc) is 2.52. The normalized spacial score (nSPS) is 11.4. The summed E-state index contributed by atoms with van der Waals surface area (Å²) in [4.78, 5) is 8.94. The Morgan fingerprint density at radius 2 is 0.938 bits per heavy atom. The van der Waals surface area contributed by atoms with Crippen LogP contribution in [0.1, 0.15) is 106 Å². The molecular formula is C28H48N2Y2-2. The zero-order valence-electron chi connectivity index (χ0n) is 23.5. The standard InChI is InChI=1S/2C13H21N.2CH3.2Y/c1-12(2,3)10-7-8-14-11(9-10)13(4,5)6;1-12(2,3)10-7-8-11(14-9-10)13(4,5)6;;;;/h2*7-9H,1-6H3;2*1H3;;/q;;2*-1;;. The van der Waals surface area contributed by atoms with Gasteiger partial charge in [-0.3, -0.25) is 9.97 Å². The molecule has 2 radical (unpaired) electrons. The third-order valence-corrected chi connectivity index (χ3v) is 4.79. The number of nitrogens with zero attached hydrogens (tertiary/aromatic N) is 2. The SMILES string of the molecule is CC(C)(C)c1ccc(C(C)(C)C)nc1.CC(C)(C)c1ccnc(C(C)(C)C)c1.[CH3-].[CH3-].[Y].[Y]. The zero-order valence-corrected chi connectivity index (χ0v) is 29.2. The van der Waals surface area contributed by atoms with E-state index < -0.39 is 0 Å². The van der Waals surface area contributed by atoms with Gasteiger partial charge in [0.15, 0.2) is 0 Å². The van der Waals surface area contributed by atoms with Crippen LogP contribution in [0.4, 0.5) is 0 Å². The average molecular weight is 591 g/mol. The van der Waals surface area contributed by atoms with Gasteiger partial charge in [-0.2, -0.15) is 0 Å². The Morgan fingerprint density at radius 1 is 0.500 bits per heavy atom. The second kappa shape index (κ2) is 14.8. The Hall–Kier alpha value is 0.508. The molecule has 0 N–H and O–H groups in total. The van der Waals surface area contributed by atoms with E-state index in [0.29, 0.717) is 0 Å². The van der Waals surface area contributed by atoms with Crippen molar-refractivity contribution >= 4 is 0 Å². The summed E-state index contributed by atoms with van der Waals surface area (Å²) in [6.07, 6.45) is 3.92. The Kier molecular flexibility index (Phi) is 18.4. The van der Waals surface area contributed by atoms with Crippen LogP contribution in [0.25, 0.3) is 0 Å². The molecule has 2 heterocycles. The maximum atomic E-state index is 4.52. The first-order chi connectivity index (χ1) is 12.4. The van der Waals surface area contributed by atoms with E-state index in [4.69, 9.17) is 0 Å². The third-order valence-electron chi connectivity index (χ3n) is 4.79. The third kappa shape index (κ3) is 13.4. The molecule has 0 aliphatic carbocycles.